The van der Waals surface area contributed by atoms with Crippen molar-refractivity contribution in [1.82, 2.24) is 5.32 Å². The minimum absolute atomic E-state index is 0. The van der Waals surface area contributed by atoms with Gasteiger partial charge in [-0.3, -0.25) is 0 Å². The Morgan fingerprint density at radius 1 is 1.07 bits per heavy atom. The molecule has 0 saturated carbocycles. The first-order valence-corrected chi connectivity index (χ1v) is 4.62. The normalized spacial score (nSPS) is 8.79. The Labute approximate surface area is 92.6 Å². The van der Waals surface area contributed by atoms with Gasteiger partial charge in [-0.2, -0.15) is 0 Å². The predicted molar refractivity (Wildman–Crippen MR) is 64.6 cm³/mol. The fraction of sp³-hybridized carbons (Fsp3) is 0.333. The Balaban J connectivity index is 0.00000169. The van der Waals surface area contributed by atoms with Gasteiger partial charge in [0.1, 0.15) is 0 Å². The van der Waals surface area contributed by atoms with E-state index >= 15 is 0 Å². The van der Waals surface area contributed by atoms with Gasteiger partial charge in [-0.05, 0) is 26.3 Å². The van der Waals surface area contributed by atoms with Gasteiger partial charge in [0.15, 0.2) is 0 Å². The molecule has 0 amide bonds. The van der Waals surface area contributed by atoms with Crippen molar-refractivity contribution in [3.05, 3.63) is 47.2 Å². The number of nitrogens with one attached hydrogen (secondary N) is 1. The molecule has 1 nitrogen and oxygen atoms in total. The van der Waals surface area contributed by atoms with Crippen molar-refractivity contribution >= 4 is 12.4 Å². The highest BCUT2D eigenvalue weighted by molar-refractivity contribution is 5.85. The van der Waals surface area contributed by atoms with Gasteiger partial charge < -0.3 is 5.32 Å². The second kappa shape index (κ2) is 6.50. The van der Waals surface area contributed by atoms with E-state index in [1.54, 1.807) is 0 Å². The van der Waals surface area contributed by atoms with Crippen molar-refractivity contribution in [2.45, 2.75) is 27.3 Å². The molecule has 1 aromatic carbocycles. The Hall–Kier alpha value is -0.950. The summed E-state index contributed by atoms with van der Waals surface area (Å²) in [6.07, 6.45) is 0. The van der Waals surface area contributed by atoms with Crippen molar-refractivity contribution in [3.8, 4) is 0 Å². The predicted octanol–water partition coefficient (Wildman–Crippen LogP) is 3.51. The maximum Gasteiger partial charge on any atom is 0.0397 e. The standard InChI is InChI=1S/C12H17N.ClH/c1-10(2)11(3)13-9-12-7-5-4-6-8-12;/h4-8,13H,9H2,1-3H3;1H. The fourth-order valence-corrected chi connectivity index (χ4v) is 1.01. The van der Waals surface area contributed by atoms with Crippen molar-refractivity contribution in [2.24, 2.45) is 0 Å². The number of rotatable bonds is 3. The van der Waals surface area contributed by atoms with Crippen LogP contribution in [0.3, 0.4) is 0 Å². The zero-order valence-corrected chi connectivity index (χ0v) is 9.82. The first kappa shape index (κ1) is 13.1. The SMILES string of the molecule is CC(C)=C(C)NCc1ccccc1.Cl. The van der Waals surface area contributed by atoms with Gasteiger partial charge in [-0.1, -0.05) is 35.9 Å². The molecule has 1 rings (SSSR count). The third kappa shape index (κ3) is 4.33. The van der Waals surface area contributed by atoms with E-state index in [4.69, 9.17) is 0 Å². The lowest BCUT2D eigenvalue weighted by molar-refractivity contribution is 0.798. The summed E-state index contributed by atoms with van der Waals surface area (Å²) in [5.74, 6) is 0. The lowest BCUT2D eigenvalue weighted by Gasteiger charge is -2.07. The van der Waals surface area contributed by atoms with Gasteiger partial charge in [0.25, 0.3) is 0 Å². The highest BCUT2D eigenvalue weighted by atomic mass is 35.5. The minimum Gasteiger partial charge on any atom is -0.385 e. The zero-order valence-electron chi connectivity index (χ0n) is 9.00. The number of allylic oxidation sites excluding steroid dienone is 2. The molecule has 0 spiro atoms. The third-order valence-electron chi connectivity index (χ3n) is 2.15. The van der Waals surface area contributed by atoms with Gasteiger partial charge in [0.2, 0.25) is 0 Å². The number of hydrogen-bond donors (Lipinski definition) is 1. The number of hydrogen-bond acceptors (Lipinski definition) is 1. The Kier molecular flexibility index (Phi) is 6.06. The van der Waals surface area contributed by atoms with Gasteiger partial charge in [0, 0.05) is 12.2 Å². The van der Waals surface area contributed by atoms with E-state index in [0.29, 0.717) is 0 Å². The second-order valence-electron chi connectivity index (χ2n) is 3.46. The minimum atomic E-state index is 0. The highest BCUT2D eigenvalue weighted by Crippen LogP contribution is 2.01. The topological polar surface area (TPSA) is 12.0 Å². The van der Waals surface area contributed by atoms with E-state index in [1.807, 2.05) is 6.07 Å². The molecule has 1 aromatic rings. The average molecular weight is 212 g/mol. The molecule has 1 N–H and O–H groups in total. The van der Waals surface area contributed by atoms with Gasteiger partial charge in [-0.15, -0.1) is 12.4 Å². The molecule has 0 aromatic heterocycles. The third-order valence-corrected chi connectivity index (χ3v) is 2.15. The van der Waals surface area contributed by atoms with Gasteiger partial charge in [0.05, 0.1) is 0 Å². The first-order chi connectivity index (χ1) is 6.20. The van der Waals surface area contributed by atoms with E-state index < -0.39 is 0 Å². The van der Waals surface area contributed by atoms with Crippen LogP contribution in [-0.4, -0.2) is 0 Å². The van der Waals surface area contributed by atoms with Crippen LogP contribution in [0.4, 0.5) is 0 Å². The molecule has 0 aliphatic carbocycles. The summed E-state index contributed by atoms with van der Waals surface area (Å²) in [5, 5.41) is 3.38. The largest absolute Gasteiger partial charge is 0.385 e. The van der Waals surface area contributed by atoms with E-state index in [2.05, 4.69) is 50.4 Å². The van der Waals surface area contributed by atoms with Crippen LogP contribution in [0.2, 0.25) is 0 Å². The van der Waals surface area contributed by atoms with Crippen molar-refractivity contribution in [1.29, 1.82) is 0 Å². The van der Waals surface area contributed by atoms with Gasteiger partial charge in [-0.25, -0.2) is 0 Å². The number of halogens is 1. The molecular weight excluding hydrogens is 194 g/mol. The first-order valence-electron chi connectivity index (χ1n) is 4.62. The molecule has 0 aliphatic rings. The van der Waals surface area contributed by atoms with Crippen LogP contribution >= 0.6 is 12.4 Å². The van der Waals surface area contributed by atoms with Crippen LogP contribution < -0.4 is 5.32 Å². The monoisotopic (exact) mass is 211 g/mol. The summed E-state index contributed by atoms with van der Waals surface area (Å²) in [6, 6.07) is 10.4. The lowest BCUT2D eigenvalue weighted by atomic mass is 10.2. The van der Waals surface area contributed by atoms with Crippen LogP contribution in [-0.2, 0) is 6.54 Å². The molecule has 0 fully saturated rings. The number of benzene rings is 1. The summed E-state index contributed by atoms with van der Waals surface area (Å²) in [4.78, 5) is 0. The molecule has 0 aliphatic heterocycles. The molecule has 78 valence electrons. The molecule has 0 unspecified atom stereocenters. The molecular formula is C12H18ClN. The highest BCUT2D eigenvalue weighted by Gasteiger charge is 1.92. The molecule has 14 heavy (non-hydrogen) atoms. The van der Waals surface area contributed by atoms with Crippen molar-refractivity contribution in [3.63, 3.8) is 0 Å². The van der Waals surface area contributed by atoms with Crippen LogP contribution in [0.25, 0.3) is 0 Å². The maximum absolute atomic E-state index is 3.38. The van der Waals surface area contributed by atoms with Crippen LogP contribution in [0.1, 0.15) is 26.3 Å². The van der Waals surface area contributed by atoms with Gasteiger partial charge >= 0.3 is 0 Å². The van der Waals surface area contributed by atoms with Crippen molar-refractivity contribution in [2.75, 3.05) is 0 Å². The Bertz CT molecular complexity index is 286. The Morgan fingerprint density at radius 3 is 2.14 bits per heavy atom. The summed E-state index contributed by atoms with van der Waals surface area (Å²) in [7, 11) is 0. The molecule has 0 heterocycles. The van der Waals surface area contributed by atoms with Crippen LogP contribution in [0.15, 0.2) is 41.6 Å². The average Bonchev–Trinajstić information content (AvgIpc) is 2.15. The van der Waals surface area contributed by atoms with Crippen molar-refractivity contribution < 1.29 is 0 Å². The summed E-state index contributed by atoms with van der Waals surface area (Å²) >= 11 is 0. The second-order valence-corrected chi connectivity index (χ2v) is 3.46. The quantitative estimate of drug-likeness (QED) is 0.807. The molecule has 0 atom stereocenters. The molecule has 2 heteroatoms. The summed E-state index contributed by atoms with van der Waals surface area (Å²) in [5.41, 5.74) is 3.93. The van der Waals surface area contributed by atoms with E-state index in [-0.39, 0.29) is 12.4 Å². The summed E-state index contributed by atoms with van der Waals surface area (Å²) in [6.45, 7) is 7.26. The maximum atomic E-state index is 3.38. The molecule has 0 saturated heterocycles. The Morgan fingerprint density at radius 2 is 1.64 bits per heavy atom. The molecule has 0 bridgehead atoms. The summed E-state index contributed by atoms with van der Waals surface area (Å²) < 4.78 is 0. The van der Waals surface area contributed by atoms with Crippen LogP contribution in [0, 0.1) is 0 Å². The van der Waals surface area contributed by atoms with E-state index in [9.17, 15) is 0 Å². The lowest BCUT2D eigenvalue weighted by Crippen LogP contribution is -2.11. The van der Waals surface area contributed by atoms with E-state index in [0.717, 1.165) is 6.54 Å². The zero-order chi connectivity index (χ0) is 9.68. The smallest absolute Gasteiger partial charge is 0.0397 e. The molecule has 0 radical (unpaired) electrons. The van der Waals surface area contributed by atoms with Crippen LogP contribution in [0.5, 0.6) is 0 Å². The van der Waals surface area contributed by atoms with E-state index in [1.165, 1.54) is 16.8 Å². The fourth-order valence-electron chi connectivity index (χ4n) is 1.01.